The van der Waals surface area contributed by atoms with Gasteiger partial charge < -0.3 is 15.4 Å². The van der Waals surface area contributed by atoms with E-state index in [0.717, 1.165) is 21.7 Å². The molecule has 2 aromatic carbocycles. The Morgan fingerprint density at radius 3 is 2.62 bits per heavy atom. The number of nitrogens with two attached hydrogens (primary N) is 1. The molecule has 5 heteroatoms. The topological polar surface area (TPSA) is 55.6 Å². The SMILES string of the molecule is Cc1cc(-c2ccc(C(=O)N3CCO[C@@H](CN)C3)cc2)ccc1Cl. The average molecular weight is 345 g/mol. The first kappa shape index (κ1) is 17.0. The summed E-state index contributed by atoms with van der Waals surface area (Å²) in [6.07, 6.45) is -0.0704. The average Bonchev–Trinajstić information content (AvgIpc) is 2.63. The van der Waals surface area contributed by atoms with Gasteiger partial charge >= 0.3 is 0 Å². The van der Waals surface area contributed by atoms with Gasteiger partial charge in [0.05, 0.1) is 12.7 Å². The Hall–Kier alpha value is -1.88. The van der Waals surface area contributed by atoms with Gasteiger partial charge in [-0.25, -0.2) is 0 Å². The van der Waals surface area contributed by atoms with Gasteiger partial charge in [0.15, 0.2) is 0 Å². The van der Waals surface area contributed by atoms with Gasteiger partial charge in [0, 0.05) is 30.2 Å². The second-order valence-corrected chi connectivity index (χ2v) is 6.43. The summed E-state index contributed by atoms with van der Waals surface area (Å²) in [5, 5.41) is 0.757. The molecule has 1 fully saturated rings. The Labute approximate surface area is 147 Å². The van der Waals surface area contributed by atoms with Crippen LogP contribution in [-0.4, -0.2) is 43.2 Å². The Balaban J connectivity index is 1.76. The van der Waals surface area contributed by atoms with Gasteiger partial charge in [-0.1, -0.05) is 29.8 Å². The number of carbonyl (C=O) groups excluding carboxylic acids is 1. The molecule has 0 bridgehead atoms. The predicted molar refractivity (Wildman–Crippen MR) is 96.3 cm³/mol. The van der Waals surface area contributed by atoms with Crippen LogP contribution in [0, 0.1) is 6.92 Å². The van der Waals surface area contributed by atoms with Crippen molar-refractivity contribution in [2.75, 3.05) is 26.2 Å². The molecule has 0 aliphatic carbocycles. The zero-order valence-electron chi connectivity index (χ0n) is 13.7. The molecule has 2 aromatic rings. The van der Waals surface area contributed by atoms with Crippen molar-refractivity contribution < 1.29 is 9.53 Å². The van der Waals surface area contributed by atoms with Crippen molar-refractivity contribution in [3.8, 4) is 11.1 Å². The van der Waals surface area contributed by atoms with E-state index in [1.165, 1.54) is 0 Å². The minimum absolute atomic E-state index is 0.0237. The van der Waals surface area contributed by atoms with Gasteiger partial charge in [0.2, 0.25) is 0 Å². The highest BCUT2D eigenvalue weighted by molar-refractivity contribution is 6.31. The van der Waals surface area contributed by atoms with E-state index in [2.05, 4.69) is 0 Å². The van der Waals surface area contributed by atoms with E-state index in [1.807, 2.05) is 54.3 Å². The lowest BCUT2D eigenvalue weighted by Crippen LogP contribution is -2.48. The summed E-state index contributed by atoms with van der Waals surface area (Å²) in [7, 11) is 0. The molecule has 24 heavy (non-hydrogen) atoms. The van der Waals surface area contributed by atoms with Gasteiger partial charge in [0.1, 0.15) is 0 Å². The minimum Gasteiger partial charge on any atom is -0.373 e. The second-order valence-electron chi connectivity index (χ2n) is 6.02. The maximum atomic E-state index is 12.6. The van der Waals surface area contributed by atoms with E-state index >= 15 is 0 Å². The molecular weight excluding hydrogens is 324 g/mol. The lowest BCUT2D eigenvalue weighted by molar-refractivity contribution is -0.0167. The number of aryl methyl sites for hydroxylation is 1. The number of halogens is 1. The summed E-state index contributed by atoms with van der Waals surface area (Å²) in [4.78, 5) is 14.4. The van der Waals surface area contributed by atoms with E-state index < -0.39 is 0 Å². The van der Waals surface area contributed by atoms with Crippen LogP contribution < -0.4 is 5.73 Å². The van der Waals surface area contributed by atoms with Crippen LogP contribution in [0.4, 0.5) is 0 Å². The van der Waals surface area contributed by atoms with Gasteiger partial charge in [-0.3, -0.25) is 4.79 Å². The standard InChI is InChI=1S/C19H21ClN2O2/c1-13-10-16(6-7-18(13)20)14-2-4-15(5-3-14)19(23)22-8-9-24-17(11-21)12-22/h2-7,10,17H,8-9,11-12,21H2,1H3/t17-/m0/s1. The fourth-order valence-electron chi connectivity index (χ4n) is 2.86. The molecule has 2 N–H and O–H groups in total. The van der Waals surface area contributed by atoms with Crippen LogP contribution in [-0.2, 0) is 4.74 Å². The van der Waals surface area contributed by atoms with Crippen molar-refractivity contribution in [1.29, 1.82) is 0 Å². The fraction of sp³-hybridized carbons (Fsp3) is 0.316. The van der Waals surface area contributed by atoms with Gasteiger partial charge in [-0.15, -0.1) is 0 Å². The number of benzene rings is 2. The molecule has 1 amide bonds. The van der Waals surface area contributed by atoms with Gasteiger partial charge in [-0.2, -0.15) is 0 Å². The van der Waals surface area contributed by atoms with E-state index in [4.69, 9.17) is 22.1 Å². The maximum absolute atomic E-state index is 12.6. The van der Waals surface area contributed by atoms with E-state index in [9.17, 15) is 4.79 Å². The summed E-state index contributed by atoms with van der Waals surface area (Å²) in [6.45, 7) is 4.10. The summed E-state index contributed by atoms with van der Waals surface area (Å²) >= 11 is 6.08. The molecule has 1 heterocycles. The maximum Gasteiger partial charge on any atom is 0.254 e. The number of ether oxygens (including phenoxy) is 1. The molecule has 126 valence electrons. The van der Waals surface area contributed by atoms with Crippen LogP contribution in [0.1, 0.15) is 15.9 Å². The first-order chi connectivity index (χ1) is 11.6. The number of rotatable bonds is 3. The molecule has 0 saturated carbocycles. The van der Waals surface area contributed by atoms with Crippen molar-refractivity contribution >= 4 is 17.5 Å². The highest BCUT2D eigenvalue weighted by Gasteiger charge is 2.24. The van der Waals surface area contributed by atoms with Crippen LogP contribution >= 0.6 is 11.6 Å². The van der Waals surface area contributed by atoms with Crippen LogP contribution in [0.2, 0.25) is 5.02 Å². The van der Waals surface area contributed by atoms with Crippen molar-refractivity contribution in [1.82, 2.24) is 4.90 Å². The van der Waals surface area contributed by atoms with Crippen LogP contribution in [0.5, 0.6) is 0 Å². The molecule has 0 spiro atoms. The lowest BCUT2D eigenvalue weighted by atomic mass is 10.0. The largest absolute Gasteiger partial charge is 0.373 e. The second kappa shape index (κ2) is 7.34. The zero-order valence-corrected chi connectivity index (χ0v) is 14.4. The van der Waals surface area contributed by atoms with E-state index in [-0.39, 0.29) is 12.0 Å². The molecule has 1 atom stereocenters. The Bertz CT molecular complexity index is 731. The fourth-order valence-corrected chi connectivity index (χ4v) is 2.98. The Morgan fingerprint density at radius 2 is 1.96 bits per heavy atom. The molecule has 0 radical (unpaired) electrons. The quantitative estimate of drug-likeness (QED) is 0.930. The lowest BCUT2D eigenvalue weighted by Gasteiger charge is -2.32. The number of nitrogens with zero attached hydrogens (tertiary/aromatic N) is 1. The van der Waals surface area contributed by atoms with Gasteiger partial charge in [0.25, 0.3) is 5.91 Å². The third kappa shape index (κ3) is 3.61. The summed E-state index contributed by atoms with van der Waals surface area (Å²) < 4.78 is 5.51. The molecule has 3 rings (SSSR count). The predicted octanol–water partition coefficient (Wildman–Crippen LogP) is 3.12. The van der Waals surface area contributed by atoms with E-state index in [0.29, 0.717) is 31.8 Å². The van der Waals surface area contributed by atoms with E-state index in [1.54, 1.807) is 0 Å². The van der Waals surface area contributed by atoms with Crippen LogP contribution in [0.15, 0.2) is 42.5 Å². The number of hydrogen-bond donors (Lipinski definition) is 1. The smallest absolute Gasteiger partial charge is 0.254 e. The minimum atomic E-state index is -0.0704. The number of carbonyl (C=O) groups is 1. The van der Waals surface area contributed by atoms with Crippen molar-refractivity contribution in [2.45, 2.75) is 13.0 Å². The molecule has 4 nitrogen and oxygen atoms in total. The number of morpholine rings is 1. The first-order valence-corrected chi connectivity index (χ1v) is 8.44. The van der Waals surface area contributed by atoms with Gasteiger partial charge in [-0.05, 0) is 47.9 Å². The number of hydrogen-bond acceptors (Lipinski definition) is 3. The molecular formula is C19H21ClN2O2. The third-order valence-electron chi connectivity index (χ3n) is 4.31. The van der Waals surface area contributed by atoms with Crippen LogP contribution in [0.25, 0.3) is 11.1 Å². The normalized spacial score (nSPS) is 17.8. The summed E-state index contributed by atoms with van der Waals surface area (Å²) in [6, 6.07) is 13.6. The third-order valence-corrected chi connectivity index (χ3v) is 4.74. The van der Waals surface area contributed by atoms with Crippen LogP contribution in [0.3, 0.4) is 0 Å². The molecule has 0 unspecified atom stereocenters. The zero-order chi connectivity index (χ0) is 17.1. The first-order valence-electron chi connectivity index (χ1n) is 8.06. The van der Waals surface area contributed by atoms with Crippen molar-refractivity contribution in [3.63, 3.8) is 0 Å². The monoisotopic (exact) mass is 344 g/mol. The summed E-state index contributed by atoms with van der Waals surface area (Å²) in [5.41, 5.74) is 9.51. The Kier molecular flexibility index (Phi) is 5.19. The Morgan fingerprint density at radius 1 is 1.25 bits per heavy atom. The molecule has 0 aromatic heterocycles. The number of amides is 1. The molecule has 1 aliphatic heterocycles. The van der Waals surface area contributed by atoms with Crippen molar-refractivity contribution in [3.05, 3.63) is 58.6 Å². The summed E-state index contributed by atoms with van der Waals surface area (Å²) in [5.74, 6) is 0.0237. The van der Waals surface area contributed by atoms with Crippen molar-refractivity contribution in [2.24, 2.45) is 5.73 Å². The molecule has 1 aliphatic rings. The highest BCUT2D eigenvalue weighted by Crippen LogP contribution is 2.25. The molecule has 1 saturated heterocycles. The highest BCUT2D eigenvalue weighted by atomic mass is 35.5.